The zero-order chi connectivity index (χ0) is 18.0. The second-order valence-electron chi connectivity index (χ2n) is 6.85. The lowest BCUT2D eigenvalue weighted by atomic mass is 10.2. The summed E-state index contributed by atoms with van der Waals surface area (Å²) in [5, 5.41) is 8.13. The molecule has 1 aromatic heterocycles. The number of hydrogen-bond donors (Lipinski definition) is 1. The molecule has 0 bridgehead atoms. The van der Waals surface area contributed by atoms with Crippen molar-refractivity contribution in [3.8, 4) is 0 Å². The topological polar surface area (TPSA) is 50.2 Å². The Hall–Kier alpha value is -1.95. The van der Waals surface area contributed by atoms with E-state index in [0.717, 1.165) is 34.9 Å². The molecule has 1 aliphatic heterocycles. The minimum atomic E-state index is -0.0270. The van der Waals surface area contributed by atoms with Crippen molar-refractivity contribution in [2.75, 3.05) is 18.4 Å². The number of amides is 2. The van der Waals surface area contributed by atoms with Crippen LogP contribution in [0.25, 0.3) is 0 Å². The summed E-state index contributed by atoms with van der Waals surface area (Å²) in [7, 11) is 0. The summed E-state index contributed by atoms with van der Waals surface area (Å²) < 4.78 is 2.06. The predicted octanol–water partition coefficient (Wildman–Crippen LogP) is 4.48. The summed E-state index contributed by atoms with van der Waals surface area (Å²) in [6.07, 6.45) is 0.942. The van der Waals surface area contributed by atoms with Gasteiger partial charge in [-0.2, -0.15) is 5.10 Å². The van der Waals surface area contributed by atoms with E-state index in [1.807, 2.05) is 30.0 Å². The van der Waals surface area contributed by atoms with Crippen LogP contribution in [0.3, 0.4) is 0 Å². The Morgan fingerprint density at radius 3 is 2.76 bits per heavy atom. The monoisotopic (exact) mass is 358 g/mol. The van der Waals surface area contributed by atoms with Crippen LogP contribution in [0.2, 0.25) is 0 Å². The van der Waals surface area contributed by atoms with Crippen molar-refractivity contribution in [3.05, 3.63) is 41.7 Å². The van der Waals surface area contributed by atoms with E-state index >= 15 is 0 Å². The largest absolute Gasteiger partial charge is 0.322 e. The van der Waals surface area contributed by atoms with E-state index in [1.165, 1.54) is 0 Å². The van der Waals surface area contributed by atoms with Gasteiger partial charge in [0.05, 0.1) is 17.4 Å². The first-order chi connectivity index (χ1) is 11.9. The number of hydrogen-bond acceptors (Lipinski definition) is 3. The van der Waals surface area contributed by atoms with E-state index < -0.39 is 0 Å². The number of carbonyl (C=O) groups is 1. The highest BCUT2D eigenvalue weighted by atomic mass is 32.2. The summed E-state index contributed by atoms with van der Waals surface area (Å²) in [6.45, 7) is 9.85. The maximum absolute atomic E-state index is 12.7. The average molecular weight is 359 g/mol. The molecule has 1 N–H and O–H groups in total. The Balaban J connectivity index is 1.66. The highest BCUT2D eigenvalue weighted by Gasteiger charge is 2.29. The molecule has 0 aliphatic carbocycles. The Morgan fingerprint density at radius 1 is 1.32 bits per heavy atom. The number of aromatic nitrogens is 2. The summed E-state index contributed by atoms with van der Waals surface area (Å²) in [6, 6.07) is 10.3. The van der Waals surface area contributed by atoms with Gasteiger partial charge >= 0.3 is 6.03 Å². The Kier molecular flexibility index (Phi) is 5.37. The van der Waals surface area contributed by atoms with Gasteiger partial charge in [0.25, 0.3) is 0 Å². The fourth-order valence-electron chi connectivity index (χ4n) is 3.26. The first-order valence-corrected chi connectivity index (χ1v) is 9.66. The maximum Gasteiger partial charge on any atom is 0.321 e. The first-order valence-electron chi connectivity index (χ1n) is 8.78. The minimum Gasteiger partial charge on any atom is -0.322 e. The van der Waals surface area contributed by atoms with Crippen molar-refractivity contribution >= 4 is 23.5 Å². The lowest BCUT2D eigenvalue weighted by molar-refractivity contribution is 0.220. The van der Waals surface area contributed by atoms with Crippen LogP contribution in [0, 0.1) is 13.8 Å². The van der Waals surface area contributed by atoms with Gasteiger partial charge in [0.1, 0.15) is 0 Å². The van der Waals surface area contributed by atoms with E-state index in [-0.39, 0.29) is 12.1 Å². The van der Waals surface area contributed by atoms with E-state index in [1.54, 1.807) is 11.8 Å². The van der Waals surface area contributed by atoms with Crippen LogP contribution in [0.5, 0.6) is 0 Å². The molecule has 1 fully saturated rings. The molecule has 1 aliphatic rings. The third-order valence-electron chi connectivity index (χ3n) is 4.33. The van der Waals surface area contributed by atoms with Crippen LogP contribution < -0.4 is 5.32 Å². The van der Waals surface area contributed by atoms with E-state index in [0.29, 0.717) is 11.8 Å². The third kappa shape index (κ3) is 4.18. The molecule has 0 spiro atoms. The smallest absolute Gasteiger partial charge is 0.321 e. The third-order valence-corrected chi connectivity index (χ3v) is 5.41. The fraction of sp³-hybridized carbons (Fsp3) is 0.474. The molecule has 0 radical (unpaired) electrons. The number of anilines is 1. The number of aryl methyl sites for hydroxylation is 2. The van der Waals surface area contributed by atoms with Crippen molar-refractivity contribution in [1.82, 2.24) is 14.7 Å². The molecule has 0 unspecified atom stereocenters. The van der Waals surface area contributed by atoms with Crippen LogP contribution in [0.4, 0.5) is 10.5 Å². The number of thioether (sulfide) groups is 1. The van der Waals surface area contributed by atoms with Gasteiger partial charge in [0.2, 0.25) is 0 Å². The van der Waals surface area contributed by atoms with Crippen LogP contribution >= 0.6 is 11.8 Å². The maximum atomic E-state index is 12.7. The first kappa shape index (κ1) is 17.9. The second-order valence-corrected chi connectivity index (χ2v) is 8.47. The number of nitrogens with zero attached hydrogens (tertiary/aromatic N) is 3. The highest BCUT2D eigenvalue weighted by Crippen LogP contribution is 2.31. The molecule has 2 heterocycles. The minimum absolute atomic E-state index is 0.0270. The standard InChI is InChI=1S/C19H26N4OS/c1-13(2)25-18-8-6-5-7-17(18)20-19(24)22-10-9-16(12-22)23-15(4)11-14(3)21-23/h5-8,11,13,16H,9-10,12H2,1-4H3,(H,20,24)/t16-/m1/s1. The summed E-state index contributed by atoms with van der Waals surface area (Å²) in [5.41, 5.74) is 3.07. The molecule has 0 saturated carbocycles. The van der Waals surface area contributed by atoms with Gasteiger partial charge < -0.3 is 10.2 Å². The number of nitrogens with one attached hydrogen (secondary N) is 1. The van der Waals surface area contributed by atoms with Crippen LogP contribution in [-0.2, 0) is 0 Å². The average Bonchev–Trinajstić information content (AvgIpc) is 3.15. The fourth-order valence-corrected chi connectivity index (χ4v) is 4.17. The van der Waals surface area contributed by atoms with Crippen LogP contribution in [0.1, 0.15) is 37.7 Å². The molecule has 134 valence electrons. The van der Waals surface area contributed by atoms with Gasteiger partial charge in [-0.05, 0) is 38.5 Å². The quantitative estimate of drug-likeness (QED) is 0.820. The number of rotatable bonds is 4. The number of benzene rings is 1. The van der Waals surface area contributed by atoms with Gasteiger partial charge in [-0.1, -0.05) is 26.0 Å². The molecule has 1 saturated heterocycles. The summed E-state index contributed by atoms with van der Waals surface area (Å²) in [4.78, 5) is 15.7. The van der Waals surface area contributed by atoms with Crippen molar-refractivity contribution in [2.24, 2.45) is 0 Å². The van der Waals surface area contributed by atoms with Crippen molar-refractivity contribution in [2.45, 2.75) is 50.3 Å². The summed E-state index contributed by atoms with van der Waals surface area (Å²) in [5.74, 6) is 0. The Morgan fingerprint density at radius 2 is 2.08 bits per heavy atom. The van der Waals surface area contributed by atoms with Crippen molar-refractivity contribution < 1.29 is 4.79 Å². The highest BCUT2D eigenvalue weighted by molar-refractivity contribution is 8.00. The van der Waals surface area contributed by atoms with E-state index in [4.69, 9.17) is 0 Å². The van der Waals surface area contributed by atoms with Gasteiger partial charge in [-0.3, -0.25) is 4.68 Å². The zero-order valence-corrected chi connectivity index (χ0v) is 16.1. The Bertz CT molecular complexity index is 756. The molecular formula is C19H26N4OS. The molecule has 1 atom stereocenters. The molecule has 3 rings (SSSR count). The molecule has 6 heteroatoms. The van der Waals surface area contributed by atoms with Gasteiger partial charge in [0, 0.05) is 28.9 Å². The van der Waals surface area contributed by atoms with Gasteiger partial charge in [-0.25, -0.2) is 4.79 Å². The summed E-state index contributed by atoms with van der Waals surface area (Å²) >= 11 is 1.76. The van der Waals surface area contributed by atoms with E-state index in [9.17, 15) is 4.79 Å². The molecule has 5 nitrogen and oxygen atoms in total. The number of urea groups is 1. The zero-order valence-electron chi connectivity index (χ0n) is 15.3. The SMILES string of the molecule is Cc1cc(C)n([C@@H]2CCN(C(=O)Nc3ccccc3SC(C)C)C2)n1. The van der Waals surface area contributed by atoms with Crippen LogP contribution in [0.15, 0.2) is 35.2 Å². The normalized spacial score (nSPS) is 17.3. The number of carbonyl (C=O) groups excluding carboxylic acids is 1. The molecule has 2 amide bonds. The van der Waals surface area contributed by atoms with Crippen molar-refractivity contribution in [1.29, 1.82) is 0 Å². The molecule has 1 aromatic carbocycles. The van der Waals surface area contributed by atoms with E-state index in [2.05, 4.69) is 48.0 Å². The molecule has 2 aromatic rings. The number of likely N-dealkylation sites (tertiary alicyclic amines) is 1. The van der Waals surface area contributed by atoms with Crippen molar-refractivity contribution in [3.63, 3.8) is 0 Å². The Labute approximate surface area is 153 Å². The lowest BCUT2D eigenvalue weighted by Crippen LogP contribution is -2.33. The number of para-hydroxylation sites is 1. The van der Waals surface area contributed by atoms with Gasteiger partial charge in [-0.15, -0.1) is 11.8 Å². The van der Waals surface area contributed by atoms with Gasteiger partial charge in [0.15, 0.2) is 0 Å². The lowest BCUT2D eigenvalue weighted by Gasteiger charge is -2.19. The molecule has 25 heavy (non-hydrogen) atoms. The predicted molar refractivity (Wildman–Crippen MR) is 103 cm³/mol. The second kappa shape index (κ2) is 7.52. The van der Waals surface area contributed by atoms with Crippen LogP contribution in [-0.4, -0.2) is 39.1 Å². The molecular weight excluding hydrogens is 332 g/mol.